The van der Waals surface area contributed by atoms with Gasteiger partial charge in [-0.1, -0.05) is 5.16 Å². The maximum absolute atomic E-state index is 12.6. The number of hydrogen-bond donors (Lipinski definition) is 1. The minimum absolute atomic E-state index is 0.151. The Labute approximate surface area is 112 Å². The highest BCUT2D eigenvalue weighted by molar-refractivity contribution is 7.89. The van der Waals surface area contributed by atoms with Crippen LogP contribution >= 0.6 is 0 Å². The molecule has 0 spiro atoms. The van der Waals surface area contributed by atoms with E-state index in [1.165, 1.54) is 4.31 Å². The molecule has 2 N–H and O–H groups in total. The molecule has 1 aromatic heterocycles. The molecule has 1 aliphatic heterocycles. The molecule has 1 fully saturated rings. The van der Waals surface area contributed by atoms with Crippen LogP contribution in [0.1, 0.15) is 18.4 Å². The Morgan fingerprint density at radius 3 is 2.68 bits per heavy atom. The van der Waals surface area contributed by atoms with Gasteiger partial charge in [0.2, 0.25) is 10.0 Å². The average molecular weight is 289 g/mol. The highest BCUT2D eigenvalue weighted by atomic mass is 32.2. The molecule has 1 saturated heterocycles. The molecule has 1 aliphatic rings. The maximum Gasteiger partial charge on any atom is 0.248 e. The zero-order valence-electron chi connectivity index (χ0n) is 11.3. The van der Waals surface area contributed by atoms with Crippen LogP contribution in [0.5, 0.6) is 0 Å². The molecule has 2 atom stereocenters. The fourth-order valence-corrected chi connectivity index (χ4v) is 3.89. The molecule has 2 rings (SSSR count). The Morgan fingerprint density at radius 1 is 1.47 bits per heavy atom. The first-order valence-corrected chi connectivity index (χ1v) is 7.58. The summed E-state index contributed by atoms with van der Waals surface area (Å²) in [5.74, 6) is 0.307. The van der Waals surface area contributed by atoms with Gasteiger partial charge in [-0.25, -0.2) is 8.42 Å². The second kappa shape index (κ2) is 5.20. The summed E-state index contributed by atoms with van der Waals surface area (Å²) in [6, 6.07) is -0.220. The van der Waals surface area contributed by atoms with Crippen LogP contribution in [0.3, 0.4) is 0 Å². The van der Waals surface area contributed by atoms with Gasteiger partial charge in [-0.2, -0.15) is 4.31 Å². The Hall–Kier alpha value is -0.960. The first-order valence-electron chi connectivity index (χ1n) is 6.14. The molecule has 0 radical (unpaired) electrons. The summed E-state index contributed by atoms with van der Waals surface area (Å²) in [6.07, 6.45) is -0.288. The van der Waals surface area contributed by atoms with Crippen molar-refractivity contribution in [2.45, 2.75) is 37.8 Å². The largest absolute Gasteiger partial charge is 0.374 e. The Bertz CT molecular complexity index is 533. The Kier molecular flexibility index (Phi) is 3.95. The van der Waals surface area contributed by atoms with E-state index < -0.39 is 10.0 Å². The van der Waals surface area contributed by atoms with Crippen molar-refractivity contribution in [3.05, 3.63) is 11.5 Å². The van der Waals surface area contributed by atoms with Gasteiger partial charge in [-0.05, 0) is 20.8 Å². The summed E-state index contributed by atoms with van der Waals surface area (Å²) in [5.41, 5.74) is 6.15. The highest BCUT2D eigenvalue weighted by Gasteiger charge is 2.35. The van der Waals surface area contributed by atoms with Crippen LogP contribution in [-0.4, -0.2) is 49.7 Å². The van der Waals surface area contributed by atoms with Crippen LogP contribution in [0, 0.1) is 13.8 Å². The van der Waals surface area contributed by atoms with Gasteiger partial charge in [-0.3, -0.25) is 0 Å². The lowest BCUT2D eigenvalue weighted by Gasteiger charge is -2.33. The predicted octanol–water partition coefficient (Wildman–Crippen LogP) is 0.0281. The summed E-state index contributed by atoms with van der Waals surface area (Å²) in [4.78, 5) is 0.151. The second-order valence-electron chi connectivity index (χ2n) is 4.78. The van der Waals surface area contributed by atoms with Crippen molar-refractivity contribution >= 4 is 10.0 Å². The molecule has 19 heavy (non-hydrogen) atoms. The predicted molar refractivity (Wildman–Crippen MR) is 68.1 cm³/mol. The molecular formula is C11H19N3O4S. The van der Waals surface area contributed by atoms with Crippen molar-refractivity contribution in [3.8, 4) is 0 Å². The van der Waals surface area contributed by atoms with E-state index >= 15 is 0 Å². The smallest absolute Gasteiger partial charge is 0.248 e. The number of aryl methyl sites for hydroxylation is 2. The summed E-state index contributed by atoms with van der Waals surface area (Å²) in [5, 5.41) is 3.69. The summed E-state index contributed by atoms with van der Waals surface area (Å²) in [6.45, 7) is 5.93. The number of nitrogens with zero attached hydrogens (tertiary/aromatic N) is 2. The van der Waals surface area contributed by atoms with Crippen LogP contribution in [-0.2, 0) is 14.8 Å². The first kappa shape index (κ1) is 14.4. The lowest BCUT2D eigenvalue weighted by atomic mass is 10.2. The van der Waals surface area contributed by atoms with Crippen molar-refractivity contribution in [2.75, 3.05) is 19.7 Å². The van der Waals surface area contributed by atoms with E-state index in [4.69, 9.17) is 15.0 Å². The van der Waals surface area contributed by atoms with E-state index in [0.29, 0.717) is 24.6 Å². The number of ether oxygens (including phenoxy) is 1. The molecule has 108 valence electrons. The summed E-state index contributed by atoms with van der Waals surface area (Å²) < 4.78 is 37.0. The van der Waals surface area contributed by atoms with Gasteiger partial charge in [0, 0.05) is 19.1 Å². The monoisotopic (exact) mass is 289 g/mol. The fourth-order valence-electron chi connectivity index (χ4n) is 2.16. The first-order chi connectivity index (χ1) is 8.84. The third-order valence-electron chi connectivity index (χ3n) is 3.21. The van der Waals surface area contributed by atoms with Gasteiger partial charge >= 0.3 is 0 Å². The molecule has 7 nitrogen and oxygen atoms in total. The third kappa shape index (κ3) is 2.66. The van der Waals surface area contributed by atoms with Gasteiger partial charge in [0.1, 0.15) is 10.6 Å². The van der Waals surface area contributed by atoms with Crippen LogP contribution in [0.25, 0.3) is 0 Å². The maximum atomic E-state index is 12.6. The minimum atomic E-state index is -3.60. The van der Waals surface area contributed by atoms with Crippen LogP contribution in [0.4, 0.5) is 0 Å². The number of morpholine rings is 1. The van der Waals surface area contributed by atoms with E-state index in [1.54, 1.807) is 20.8 Å². The summed E-state index contributed by atoms with van der Waals surface area (Å²) >= 11 is 0. The van der Waals surface area contributed by atoms with Crippen molar-refractivity contribution in [1.82, 2.24) is 9.46 Å². The van der Waals surface area contributed by atoms with Gasteiger partial charge in [0.05, 0.1) is 12.7 Å². The minimum Gasteiger partial charge on any atom is -0.374 e. The zero-order valence-corrected chi connectivity index (χ0v) is 12.1. The molecule has 2 heterocycles. The highest BCUT2D eigenvalue weighted by Crippen LogP contribution is 2.25. The molecule has 1 aromatic rings. The topological polar surface area (TPSA) is 98.7 Å². The molecule has 0 aliphatic carbocycles. The third-order valence-corrected chi connectivity index (χ3v) is 5.32. The number of nitrogens with two attached hydrogens (primary N) is 1. The van der Waals surface area contributed by atoms with Gasteiger partial charge < -0.3 is 15.0 Å². The second-order valence-corrected chi connectivity index (χ2v) is 6.66. The number of sulfonamides is 1. The standard InChI is InChI=1S/C11H19N3O4S/c1-7(12)10-6-14(4-5-17-10)19(15,16)11-8(2)13-18-9(11)3/h7,10H,4-6,12H2,1-3H3. The van der Waals surface area contributed by atoms with E-state index in [9.17, 15) is 8.42 Å². The zero-order chi connectivity index (χ0) is 14.2. The van der Waals surface area contributed by atoms with E-state index in [-0.39, 0.29) is 23.6 Å². The van der Waals surface area contributed by atoms with Crippen LogP contribution in [0.15, 0.2) is 9.42 Å². The lowest BCUT2D eigenvalue weighted by Crippen LogP contribution is -2.51. The van der Waals surface area contributed by atoms with Gasteiger partial charge in [0.25, 0.3) is 0 Å². The number of rotatable bonds is 3. The fraction of sp³-hybridized carbons (Fsp3) is 0.727. The Balaban J connectivity index is 2.30. The molecular weight excluding hydrogens is 270 g/mol. The van der Waals surface area contributed by atoms with Crippen LogP contribution in [0.2, 0.25) is 0 Å². The van der Waals surface area contributed by atoms with E-state index in [1.807, 2.05) is 0 Å². The van der Waals surface area contributed by atoms with Crippen molar-refractivity contribution in [3.63, 3.8) is 0 Å². The molecule has 0 aromatic carbocycles. The molecule has 8 heteroatoms. The van der Waals surface area contributed by atoms with Crippen molar-refractivity contribution in [1.29, 1.82) is 0 Å². The van der Waals surface area contributed by atoms with E-state index in [2.05, 4.69) is 5.16 Å². The van der Waals surface area contributed by atoms with Gasteiger partial charge in [-0.15, -0.1) is 0 Å². The SMILES string of the molecule is Cc1noc(C)c1S(=O)(=O)N1CCOC(C(C)N)C1. The normalized spacial score (nSPS) is 23.5. The van der Waals surface area contributed by atoms with Crippen molar-refractivity contribution < 1.29 is 17.7 Å². The lowest BCUT2D eigenvalue weighted by molar-refractivity contribution is -0.0120. The number of aromatic nitrogens is 1. The quantitative estimate of drug-likeness (QED) is 0.842. The van der Waals surface area contributed by atoms with E-state index in [0.717, 1.165) is 0 Å². The number of hydrogen-bond acceptors (Lipinski definition) is 6. The Morgan fingerprint density at radius 2 is 2.16 bits per heavy atom. The average Bonchev–Trinajstić information content (AvgIpc) is 2.69. The summed E-state index contributed by atoms with van der Waals surface area (Å²) in [7, 11) is -3.60. The molecule has 2 unspecified atom stereocenters. The van der Waals surface area contributed by atoms with Crippen LogP contribution < -0.4 is 5.73 Å². The van der Waals surface area contributed by atoms with Crippen molar-refractivity contribution in [2.24, 2.45) is 5.73 Å². The molecule has 0 amide bonds. The molecule has 0 saturated carbocycles. The molecule has 0 bridgehead atoms. The van der Waals surface area contributed by atoms with Gasteiger partial charge in [0.15, 0.2) is 5.76 Å².